The quantitative estimate of drug-likeness (QED) is 0.712. The lowest BCUT2D eigenvalue weighted by atomic mass is 10.00. The molecule has 3 heterocycles. The normalized spacial score (nSPS) is 13.3. The fourth-order valence-corrected chi connectivity index (χ4v) is 3.33. The number of hydrogen-bond acceptors (Lipinski definition) is 5. The molecule has 0 N–H and O–H groups in total. The van der Waals surface area contributed by atoms with E-state index in [0.717, 1.165) is 22.5 Å². The van der Waals surface area contributed by atoms with Gasteiger partial charge in [0.05, 0.1) is 11.4 Å². The maximum Gasteiger partial charge on any atom is 0.223 e. The van der Waals surface area contributed by atoms with Gasteiger partial charge in [0.25, 0.3) is 0 Å². The van der Waals surface area contributed by atoms with Crippen LogP contribution in [0.15, 0.2) is 49.3 Å². The first-order chi connectivity index (χ1) is 13.2. The van der Waals surface area contributed by atoms with Crippen LogP contribution in [-0.4, -0.2) is 37.3 Å². The first-order valence-corrected chi connectivity index (χ1v) is 8.81. The monoisotopic (exact) mass is 363 g/mol. The number of amides is 1. The summed E-state index contributed by atoms with van der Waals surface area (Å²) < 4.78 is 13.8. The molecular formula is C20H18FN5O. The molecule has 0 unspecified atom stereocenters. The van der Waals surface area contributed by atoms with Crippen LogP contribution in [0.4, 0.5) is 4.39 Å². The molecule has 0 bridgehead atoms. The summed E-state index contributed by atoms with van der Waals surface area (Å²) in [4.78, 5) is 31.3. The highest BCUT2D eigenvalue weighted by Crippen LogP contribution is 2.27. The Hall–Kier alpha value is -3.22. The van der Waals surface area contributed by atoms with Crippen molar-refractivity contribution in [2.45, 2.75) is 25.8 Å². The van der Waals surface area contributed by atoms with Crippen molar-refractivity contribution in [2.75, 3.05) is 6.54 Å². The van der Waals surface area contributed by atoms with E-state index in [1.807, 2.05) is 0 Å². The van der Waals surface area contributed by atoms with Gasteiger partial charge in [0.2, 0.25) is 5.91 Å². The summed E-state index contributed by atoms with van der Waals surface area (Å²) in [6, 6.07) is 6.57. The van der Waals surface area contributed by atoms with Gasteiger partial charge in [-0.2, -0.15) is 0 Å². The van der Waals surface area contributed by atoms with E-state index in [-0.39, 0.29) is 18.1 Å². The van der Waals surface area contributed by atoms with E-state index in [2.05, 4.69) is 19.9 Å². The second-order valence-electron chi connectivity index (χ2n) is 6.43. The predicted molar refractivity (Wildman–Crippen MR) is 96.9 cm³/mol. The van der Waals surface area contributed by atoms with E-state index in [1.165, 1.54) is 18.7 Å². The fourth-order valence-electron chi connectivity index (χ4n) is 3.33. The summed E-state index contributed by atoms with van der Waals surface area (Å²) in [6.45, 7) is 1.04. The molecule has 3 aromatic rings. The van der Waals surface area contributed by atoms with Gasteiger partial charge in [-0.15, -0.1) is 0 Å². The summed E-state index contributed by atoms with van der Waals surface area (Å²) in [6.07, 6.45) is 7.74. The van der Waals surface area contributed by atoms with Crippen LogP contribution >= 0.6 is 0 Å². The van der Waals surface area contributed by atoms with E-state index >= 15 is 0 Å². The Morgan fingerprint density at radius 1 is 1.11 bits per heavy atom. The van der Waals surface area contributed by atoms with Crippen LogP contribution < -0.4 is 0 Å². The topological polar surface area (TPSA) is 71.9 Å². The number of rotatable bonds is 4. The minimum absolute atomic E-state index is 0.00279. The molecule has 2 aromatic heterocycles. The van der Waals surface area contributed by atoms with E-state index in [1.54, 1.807) is 35.5 Å². The molecular weight excluding hydrogens is 345 g/mol. The predicted octanol–water partition coefficient (Wildman–Crippen LogP) is 2.59. The summed E-state index contributed by atoms with van der Waals surface area (Å²) in [5.74, 6) is -0.267. The van der Waals surface area contributed by atoms with Crippen LogP contribution in [0.1, 0.15) is 23.2 Å². The van der Waals surface area contributed by atoms with Gasteiger partial charge in [-0.05, 0) is 18.1 Å². The number of hydrogen-bond donors (Lipinski definition) is 0. The molecule has 27 heavy (non-hydrogen) atoms. The van der Waals surface area contributed by atoms with Crippen LogP contribution in [0.3, 0.4) is 0 Å². The van der Waals surface area contributed by atoms with Gasteiger partial charge in [-0.25, -0.2) is 24.3 Å². The van der Waals surface area contributed by atoms with Gasteiger partial charge in [0.1, 0.15) is 18.5 Å². The molecule has 1 aromatic carbocycles. The minimum atomic E-state index is -0.269. The van der Waals surface area contributed by atoms with E-state index in [9.17, 15) is 9.18 Å². The van der Waals surface area contributed by atoms with E-state index < -0.39 is 0 Å². The lowest BCUT2D eigenvalue weighted by molar-refractivity contribution is -0.132. The molecule has 1 aliphatic heterocycles. The van der Waals surface area contributed by atoms with Crippen molar-refractivity contribution < 1.29 is 9.18 Å². The molecule has 6 nitrogen and oxygen atoms in total. The van der Waals surface area contributed by atoms with Gasteiger partial charge in [-0.1, -0.05) is 18.2 Å². The second kappa shape index (κ2) is 7.57. The zero-order valence-corrected chi connectivity index (χ0v) is 14.7. The van der Waals surface area contributed by atoms with Crippen molar-refractivity contribution in [1.29, 1.82) is 0 Å². The Balaban J connectivity index is 1.51. The molecule has 1 amide bonds. The largest absolute Gasteiger partial charge is 0.338 e. The molecule has 4 rings (SSSR count). The van der Waals surface area contributed by atoms with Crippen molar-refractivity contribution in [3.8, 4) is 11.3 Å². The number of benzene rings is 1. The Kier molecular flexibility index (Phi) is 4.82. The number of aromatic nitrogens is 4. The van der Waals surface area contributed by atoms with Crippen LogP contribution in [0.5, 0.6) is 0 Å². The Labute approximate surface area is 156 Å². The number of halogens is 1. The average Bonchev–Trinajstić information content (AvgIpc) is 2.73. The number of carbonyl (C=O) groups excluding carboxylic acids is 1. The molecule has 136 valence electrons. The minimum Gasteiger partial charge on any atom is -0.338 e. The summed E-state index contributed by atoms with van der Waals surface area (Å²) in [5, 5.41) is 0. The van der Waals surface area contributed by atoms with Gasteiger partial charge >= 0.3 is 0 Å². The highest BCUT2D eigenvalue weighted by Gasteiger charge is 2.25. The highest BCUT2D eigenvalue weighted by atomic mass is 19.1. The number of fused-ring (bicyclic) bond motifs is 1. The zero-order chi connectivity index (χ0) is 18.6. The third-order valence-corrected chi connectivity index (χ3v) is 4.75. The standard InChI is InChI=1S/C20H18FN5O/c21-17-4-2-1-3-14(17)5-6-19(27)26-8-7-18-16(11-26)20(25-13-24-18)15-9-22-12-23-10-15/h1-4,9-10,12-13H,5-8,11H2. The van der Waals surface area contributed by atoms with Gasteiger partial charge in [0.15, 0.2) is 0 Å². The Morgan fingerprint density at radius 2 is 1.93 bits per heavy atom. The molecule has 1 aliphatic rings. The van der Waals surface area contributed by atoms with E-state index in [0.29, 0.717) is 31.5 Å². The van der Waals surface area contributed by atoms with Gasteiger partial charge in [0, 0.05) is 49.5 Å². The molecule has 0 fully saturated rings. The lowest BCUT2D eigenvalue weighted by Crippen LogP contribution is -2.37. The number of nitrogens with zero attached hydrogens (tertiary/aromatic N) is 5. The average molecular weight is 363 g/mol. The van der Waals surface area contributed by atoms with Crippen LogP contribution in [0.25, 0.3) is 11.3 Å². The zero-order valence-electron chi connectivity index (χ0n) is 14.7. The third kappa shape index (κ3) is 3.67. The van der Waals surface area contributed by atoms with Crippen molar-refractivity contribution in [2.24, 2.45) is 0 Å². The highest BCUT2D eigenvalue weighted by molar-refractivity contribution is 5.77. The maximum absolute atomic E-state index is 13.8. The summed E-state index contributed by atoms with van der Waals surface area (Å²) >= 11 is 0. The lowest BCUT2D eigenvalue weighted by Gasteiger charge is -2.29. The van der Waals surface area contributed by atoms with Crippen LogP contribution in [0, 0.1) is 5.82 Å². The second-order valence-corrected chi connectivity index (χ2v) is 6.43. The van der Waals surface area contributed by atoms with Gasteiger partial charge in [-0.3, -0.25) is 4.79 Å². The van der Waals surface area contributed by atoms with Crippen molar-refractivity contribution in [3.05, 3.63) is 72.0 Å². The first-order valence-electron chi connectivity index (χ1n) is 8.81. The Morgan fingerprint density at radius 3 is 2.74 bits per heavy atom. The van der Waals surface area contributed by atoms with E-state index in [4.69, 9.17) is 0 Å². The van der Waals surface area contributed by atoms with Crippen LogP contribution in [-0.2, 0) is 24.2 Å². The molecule has 0 spiro atoms. The first kappa shape index (κ1) is 17.2. The summed E-state index contributed by atoms with van der Waals surface area (Å²) in [5.41, 5.74) is 4.00. The third-order valence-electron chi connectivity index (χ3n) is 4.75. The smallest absolute Gasteiger partial charge is 0.223 e. The summed E-state index contributed by atoms with van der Waals surface area (Å²) in [7, 11) is 0. The molecule has 0 radical (unpaired) electrons. The fraction of sp³-hybridized carbons (Fsp3) is 0.250. The number of carbonyl (C=O) groups is 1. The molecule has 0 saturated heterocycles. The molecule has 0 aliphatic carbocycles. The maximum atomic E-state index is 13.8. The molecule has 0 saturated carbocycles. The molecule has 0 atom stereocenters. The SMILES string of the molecule is O=C(CCc1ccccc1F)N1CCc2ncnc(-c3cncnc3)c2C1. The van der Waals surface area contributed by atoms with Crippen molar-refractivity contribution in [1.82, 2.24) is 24.8 Å². The number of aryl methyl sites for hydroxylation is 1. The van der Waals surface area contributed by atoms with Crippen molar-refractivity contribution >= 4 is 5.91 Å². The Bertz CT molecular complexity index is 964. The molecule has 7 heteroatoms. The van der Waals surface area contributed by atoms with Gasteiger partial charge < -0.3 is 4.90 Å². The van der Waals surface area contributed by atoms with Crippen LogP contribution in [0.2, 0.25) is 0 Å². The van der Waals surface area contributed by atoms with Crippen molar-refractivity contribution in [3.63, 3.8) is 0 Å².